The molecular formula is C13H16FN3. The largest absolute Gasteiger partial charge is 0.334 e. The predicted molar refractivity (Wildman–Crippen MR) is 65.0 cm³/mol. The molecule has 0 atom stereocenters. The fourth-order valence-electron chi connectivity index (χ4n) is 1.89. The maximum atomic E-state index is 13.1. The van der Waals surface area contributed by atoms with E-state index in [4.69, 9.17) is 5.73 Å². The third kappa shape index (κ3) is 2.36. The van der Waals surface area contributed by atoms with Crippen molar-refractivity contribution in [1.29, 1.82) is 0 Å². The molecule has 2 rings (SSSR count). The van der Waals surface area contributed by atoms with Crippen molar-refractivity contribution in [3.63, 3.8) is 0 Å². The molecule has 0 bridgehead atoms. The van der Waals surface area contributed by atoms with Crippen LogP contribution in [0.1, 0.15) is 22.8 Å². The van der Waals surface area contributed by atoms with Crippen LogP contribution in [0.5, 0.6) is 0 Å². The summed E-state index contributed by atoms with van der Waals surface area (Å²) in [5.41, 5.74) is 8.57. The lowest BCUT2D eigenvalue weighted by atomic mass is 10.1. The van der Waals surface area contributed by atoms with Crippen LogP contribution in [-0.4, -0.2) is 9.55 Å². The van der Waals surface area contributed by atoms with Crippen molar-refractivity contribution in [2.24, 2.45) is 12.8 Å². The molecule has 0 saturated heterocycles. The number of hydrogen-bond donors (Lipinski definition) is 1. The van der Waals surface area contributed by atoms with Gasteiger partial charge in [0.05, 0.1) is 12.2 Å². The molecule has 2 aromatic rings. The summed E-state index contributed by atoms with van der Waals surface area (Å²) in [4.78, 5) is 4.47. The van der Waals surface area contributed by atoms with Crippen LogP contribution >= 0.6 is 0 Å². The first-order valence-electron chi connectivity index (χ1n) is 5.57. The number of aromatic nitrogens is 2. The molecule has 0 radical (unpaired) electrons. The minimum atomic E-state index is -0.213. The van der Waals surface area contributed by atoms with Gasteiger partial charge in [-0.2, -0.15) is 0 Å². The SMILES string of the molecule is Cc1c(Cc2cccc(F)c2)nc(CN)n1C. The average molecular weight is 233 g/mol. The summed E-state index contributed by atoms with van der Waals surface area (Å²) in [7, 11) is 1.94. The summed E-state index contributed by atoms with van der Waals surface area (Å²) in [6.45, 7) is 2.42. The number of halogens is 1. The molecule has 1 heterocycles. The van der Waals surface area contributed by atoms with Gasteiger partial charge in [0.1, 0.15) is 11.6 Å². The fourth-order valence-corrected chi connectivity index (χ4v) is 1.89. The Hall–Kier alpha value is -1.68. The zero-order valence-electron chi connectivity index (χ0n) is 10.1. The van der Waals surface area contributed by atoms with E-state index in [-0.39, 0.29) is 5.82 Å². The van der Waals surface area contributed by atoms with Gasteiger partial charge in [0.15, 0.2) is 0 Å². The van der Waals surface area contributed by atoms with Gasteiger partial charge in [-0.15, -0.1) is 0 Å². The van der Waals surface area contributed by atoms with Gasteiger partial charge in [0.2, 0.25) is 0 Å². The number of benzene rings is 1. The number of nitrogens with zero attached hydrogens (tertiary/aromatic N) is 2. The maximum absolute atomic E-state index is 13.1. The molecule has 3 nitrogen and oxygen atoms in total. The van der Waals surface area contributed by atoms with Crippen molar-refractivity contribution in [2.45, 2.75) is 19.9 Å². The monoisotopic (exact) mass is 233 g/mol. The van der Waals surface area contributed by atoms with E-state index in [1.165, 1.54) is 12.1 Å². The molecule has 0 unspecified atom stereocenters. The predicted octanol–water partition coefficient (Wildman–Crippen LogP) is 1.92. The molecule has 0 aliphatic carbocycles. The molecule has 1 aromatic heterocycles. The highest BCUT2D eigenvalue weighted by atomic mass is 19.1. The average Bonchev–Trinajstić information content (AvgIpc) is 2.57. The van der Waals surface area contributed by atoms with Crippen molar-refractivity contribution in [1.82, 2.24) is 9.55 Å². The van der Waals surface area contributed by atoms with E-state index in [0.29, 0.717) is 13.0 Å². The van der Waals surface area contributed by atoms with E-state index in [1.807, 2.05) is 24.6 Å². The number of imidazole rings is 1. The van der Waals surface area contributed by atoms with Crippen LogP contribution in [0.2, 0.25) is 0 Å². The van der Waals surface area contributed by atoms with E-state index in [9.17, 15) is 4.39 Å². The van der Waals surface area contributed by atoms with Gasteiger partial charge in [0.25, 0.3) is 0 Å². The van der Waals surface area contributed by atoms with Crippen LogP contribution < -0.4 is 5.73 Å². The Morgan fingerprint density at radius 1 is 1.41 bits per heavy atom. The summed E-state index contributed by atoms with van der Waals surface area (Å²) in [6.07, 6.45) is 0.636. The maximum Gasteiger partial charge on any atom is 0.123 e. The Balaban J connectivity index is 2.30. The van der Waals surface area contributed by atoms with Gasteiger partial charge >= 0.3 is 0 Å². The Morgan fingerprint density at radius 2 is 2.18 bits per heavy atom. The normalized spacial score (nSPS) is 10.8. The minimum absolute atomic E-state index is 0.213. The zero-order chi connectivity index (χ0) is 12.4. The number of hydrogen-bond acceptors (Lipinski definition) is 2. The first-order chi connectivity index (χ1) is 8.11. The van der Waals surface area contributed by atoms with Crippen LogP contribution in [0.3, 0.4) is 0 Å². The third-order valence-corrected chi connectivity index (χ3v) is 3.02. The molecule has 0 aliphatic rings. The summed E-state index contributed by atoms with van der Waals surface area (Å²) in [5.74, 6) is 0.643. The van der Waals surface area contributed by atoms with E-state index >= 15 is 0 Å². The number of nitrogens with two attached hydrogens (primary N) is 1. The van der Waals surface area contributed by atoms with E-state index in [0.717, 1.165) is 22.8 Å². The molecule has 2 N–H and O–H groups in total. The third-order valence-electron chi connectivity index (χ3n) is 3.02. The topological polar surface area (TPSA) is 43.8 Å². The standard InChI is InChI=1S/C13H16FN3/c1-9-12(16-13(8-15)17(9)2)7-10-4-3-5-11(14)6-10/h3-6H,7-8,15H2,1-2H3. The summed E-state index contributed by atoms with van der Waals surface area (Å²) in [6, 6.07) is 6.60. The second-order valence-electron chi connectivity index (χ2n) is 4.13. The zero-order valence-corrected chi connectivity index (χ0v) is 10.1. The van der Waals surface area contributed by atoms with Gasteiger partial charge in [0, 0.05) is 19.2 Å². The lowest BCUT2D eigenvalue weighted by Crippen LogP contribution is -2.05. The van der Waals surface area contributed by atoms with Crippen LogP contribution in [-0.2, 0) is 20.0 Å². The molecule has 4 heteroatoms. The van der Waals surface area contributed by atoms with E-state index in [1.54, 1.807) is 6.07 Å². The molecule has 17 heavy (non-hydrogen) atoms. The van der Waals surface area contributed by atoms with Gasteiger partial charge in [-0.1, -0.05) is 12.1 Å². The van der Waals surface area contributed by atoms with Crippen molar-refractivity contribution in [3.8, 4) is 0 Å². The van der Waals surface area contributed by atoms with Crippen LogP contribution in [0.4, 0.5) is 4.39 Å². The first kappa shape index (κ1) is 11.8. The van der Waals surface area contributed by atoms with Gasteiger partial charge in [-0.3, -0.25) is 0 Å². The molecule has 0 amide bonds. The Morgan fingerprint density at radius 3 is 2.76 bits per heavy atom. The summed E-state index contributed by atoms with van der Waals surface area (Å²) >= 11 is 0. The van der Waals surface area contributed by atoms with Crippen molar-refractivity contribution in [2.75, 3.05) is 0 Å². The van der Waals surface area contributed by atoms with Gasteiger partial charge in [-0.05, 0) is 24.6 Å². The highest BCUT2D eigenvalue weighted by molar-refractivity contribution is 5.26. The van der Waals surface area contributed by atoms with Crippen molar-refractivity contribution in [3.05, 3.63) is 52.9 Å². The smallest absolute Gasteiger partial charge is 0.123 e. The minimum Gasteiger partial charge on any atom is -0.334 e. The molecule has 0 aliphatic heterocycles. The lowest BCUT2D eigenvalue weighted by Gasteiger charge is -2.01. The molecule has 0 fully saturated rings. The van der Waals surface area contributed by atoms with Crippen LogP contribution in [0.25, 0.3) is 0 Å². The second kappa shape index (κ2) is 4.67. The molecular weight excluding hydrogens is 217 g/mol. The molecule has 1 aromatic carbocycles. The Kier molecular flexibility index (Phi) is 3.24. The van der Waals surface area contributed by atoms with Crippen LogP contribution in [0, 0.1) is 12.7 Å². The van der Waals surface area contributed by atoms with Crippen molar-refractivity contribution < 1.29 is 4.39 Å². The quantitative estimate of drug-likeness (QED) is 0.880. The fraction of sp³-hybridized carbons (Fsp3) is 0.308. The summed E-state index contributed by atoms with van der Waals surface area (Å²) < 4.78 is 15.1. The molecule has 0 spiro atoms. The Bertz CT molecular complexity index is 531. The first-order valence-corrected chi connectivity index (χ1v) is 5.57. The van der Waals surface area contributed by atoms with Crippen LogP contribution in [0.15, 0.2) is 24.3 Å². The van der Waals surface area contributed by atoms with Gasteiger partial charge in [-0.25, -0.2) is 9.37 Å². The van der Waals surface area contributed by atoms with Gasteiger partial charge < -0.3 is 10.3 Å². The molecule has 90 valence electrons. The lowest BCUT2D eigenvalue weighted by molar-refractivity contribution is 0.626. The van der Waals surface area contributed by atoms with E-state index in [2.05, 4.69) is 4.98 Å². The summed E-state index contributed by atoms with van der Waals surface area (Å²) in [5, 5.41) is 0. The van der Waals surface area contributed by atoms with Crippen molar-refractivity contribution >= 4 is 0 Å². The number of rotatable bonds is 3. The highest BCUT2D eigenvalue weighted by Gasteiger charge is 2.10. The Labute approximate surface area is 100 Å². The second-order valence-corrected chi connectivity index (χ2v) is 4.13. The molecule has 0 saturated carbocycles. The van der Waals surface area contributed by atoms with E-state index < -0.39 is 0 Å². The highest BCUT2D eigenvalue weighted by Crippen LogP contribution is 2.15.